The lowest BCUT2D eigenvalue weighted by Gasteiger charge is -2.07. The molecule has 0 saturated carbocycles. The maximum Gasteiger partial charge on any atom is 0.337 e. The molecule has 5 nitrogen and oxygen atoms in total. The number of benzene rings is 2. The standard InChI is InChI=1S/C15H13ClN2O3/c16-13-8-11(5-6-12(13)15(20)21)18-14(19)7-9-1-3-10(17)4-2-9/h1-6,8H,7,17H2,(H,18,19)(H,20,21). The molecule has 0 spiro atoms. The highest BCUT2D eigenvalue weighted by Crippen LogP contribution is 2.21. The zero-order chi connectivity index (χ0) is 15.4. The second kappa shape index (κ2) is 6.28. The van der Waals surface area contributed by atoms with Crippen molar-refractivity contribution in [1.82, 2.24) is 0 Å². The largest absolute Gasteiger partial charge is 0.478 e. The lowest BCUT2D eigenvalue weighted by atomic mass is 10.1. The molecule has 0 aliphatic heterocycles. The molecule has 2 aromatic rings. The summed E-state index contributed by atoms with van der Waals surface area (Å²) in [5.41, 5.74) is 7.48. The Kier molecular flexibility index (Phi) is 4.45. The average Bonchev–Trinajstić information content (AvgIpc) is 2.41. The van der Waals surface area contributed by atoms with Crippen molar-refractivity contribution in [2.45, 2.75) is 6.42 Å². The first-order valence-electron chi connectivity index (χ1n) is 6.13. The predicted molar refractivity (Wildman–Crippen MR) is 81.6 cm³/mol. The van der Waals surface area contributed by atoms with Gasteiger partial charge in [0.2, 0.25) is 5.91 Å². The Morgan fingerprint density at radius 1 is 1.14 bits per heavy atom. The first kappa shape index (κ1) is 14.9. The van der Waals surface area contributed by atoms with Crippen LogP contribution >= 0.6 is 11.6 Å². The number of nitrogens with one attached hydrogen (secondary N) is 1. The number of nitrogens with two attached hydrogens (primary N) is 1. The number of carboxylic acids is 1. The van der Waals surface area contributed by atoms with Crippen molar-refractivity contribution in [2.75, 3.05) is 11.1 Å². The number of carbonyl (C=O) groups is 2. The average molecular weight is 305 g/mol. The first-order valence-corrected chi connectivity index (χ1v) is 6.50. The van der Waals surface area contributed by atoms with Gasteiger partial charge in [0, 0.05) is 11.4 Å². The molecule has 0 aliphatic carbocycles. The van der Waals surface area contributed by atoms with Gasteiger partial charge in [-0.2, -0.15) is 0 Å². The van der Waals surface area contributed by atoms with Crippen molar-refractivity contribution in [3.63, 3.8) is 0 Å². The van der Waals surface area contributed by atoms with Gasteiger partial charge in [-0.05, 0) is 35.9 Å². The normalized spacial score (nSPS) is 10.1. The van der Waals surface area contributed by atoms with E-state index in [1.807, 2.05) is 0 Å². The van der Waals surface area contributed by atoms with Crippen LogP contribution in [-0.4, -0.2) is 17.0 Å². The Labute approximate surface area is 126 Å². The zero-order valence-electron chi connectivity index (χ0n) is 11.0. The highest BCUT2D eigenvalue weighted by atomic mass is 35.5. The Bertz CT molecular complexity index is 684. The van der Waals surface area contributed by atoms with E-state index >= 15 is 0 Å². The third-order valence-electron chi connectivity index (χ3n) is 2.83. The summed E-state index contributed by atoms with van der Waals surface area (Å²) >= 11 is 5.84. The Morgan fingerprint density at radius 3 is 2.38 bits per heavy atom. The van der Waals surface area contributed by atoms with E-state index < -0.39 is 5.97 Å². The van der Waals surface area contributed by atoms with Crippen LogP contribution in [0.25, 0.3) is 0 Å². The SMILES string of the molecule is Nc1ccc(CC(=O)Nc2ccc(C(=O)O)c(Cl)c2)cc1. The molecule has 0 aromatic heterocycles. The minimum atomic E-state index is -1.11. The summed E-state index contributed by atoms with van der Waals surface area (Å²) < 4.78 is 0. The number of carboxylic acid groups (broad SMARTS) is 1. The highest BCUT2D eigenvalue weighted by Gasteiger charge is 2.10. The molecular formula is C15H13ClN2O3. The summed E-state index contributed by atoms with van der Waals surface area (Å²) in [6.07, 6.45) is 0.193. The number of carbonyl (C=O) groups excluding carboxylic acids is 1. The van der Waals surface area contributed by atoms with Crippen LogP contribution in [0, 0.1) is 0 Å². The van der Waals surface area contributed by atoms with Crippen LogP contribution in [0.5, 0.6) is 0 Å². The summed E-state index contributed by atoms with van der Waals surface area (Å²) in [5.74, 6) is -1.33. The highest BCUT2D eigenvalue weighted by molar-refractivity contribution is 6.33. The van der Waals surface area contributed by atoms with Gasteiger partial charge < -0.3 is 16.2 Å². The summed E-state index contributed by atoms with van der Waals surface area (Å²) in [4.78, 5) is 22.7. The van der Waals surface area contributed by atoms with Gasteiger partial charge in [-0.3, -0.25) is 4.79 Å². The second-order valence-corrected chi connectivity index (χ2v) is 4.87. The van der Waals surface area contributed by atoms with Gasteiger partial charge in [-0.1, -0.05) is 23.7 Å². The van der Waals surface area contributed by atoms with E-state index in [0.29, 0.717) is 11.4 Å². The number of aromatic carboxylic acids is 1. The number of amides is 1. The van der Waals surface area contributed by atoms with Crippen LogP contribution in [0.4, 0.5) is 11.4 Å². The van der Waals surface area contributed by atoms with Crippen LogP contribution in [-0.2, 0) is 11.2 Å². The predicted octanol–water partition coefficient (Wildman–Crippen LogP) is 2.80. The van der Waals surface area contributed by atoms with Gasteiger partial charge in [-0.15, -0.1) is 0 Å². The zero-order valence-corrected chi connectivity index (χ0v) is 11.7. The van der Waals surface area contributed by atoms with Crippen LogP contribution in [0.3, 0.4) is 0 Å². The summed E-state index contributed by atoms with van der Waals surface area (Å²) in [7, 11) is 0. The molecular weight excluding hydrogens is 292 g/mol. The summed E-state index contributed by atoms with van der Waals surface area (Å²) in [6, 6.07) is 11.2. The molecule has 1 amide bonds. The first-order chi connectivity index (χ1) is 9.95. The van der Waals surface area contributed by atoms with E-state index in [1.165, 1.54) is 18.2 Å². The minimum absolute atomic E-state index is 0.00630. The fraction of sp³-hybridized carbons (Fsp3) is 0.0667. The number of nitrogen functional groups attached to an aromatic ring is 1. The molecule has 0 saturated heterocycles. The number of halogens is 1. The smallest absolute Gasteiger partial charge is 0.337 e. The number of rotatable bonds is 4. The molecule has 4 N–H and O–H groups in total. The Morgan fingerprint density at radius 2 is 1.81 bits per heavy atom. The van der Waals surface area contributed by atoms with Gasteiger partial charge >= 0.3 is 5.97 Å². The Balaban J connectivity index is 2.04. The van der Waals surface area contributed by atoms with Crippen LogP contribution in [0.15, 0.2) is 42.5 Å². The van der Waals surface area contributed by atoms with Crippen molar-refractivity contribution in [3.05, 3.63) is 58.6 Å². The van der Waals surface area contributed by atoms with Gasteiger partial charge in [0.15, 0.2) is 0 Å². The quantitative estimate of drug-likeness (QED) is 0.757. The van der Waals surface area contributed by atoms with Crippen molar-refractivity contribution < 1.29 is 14.7 Å². The van der Waals surface area contributed by atoms with Crippen molar-refractivity contribution in [3.8, 4) is 0 Å². The van der Waals surface area contributed by atoms with E-state index in [1.54, 1.807) is 24.3 Å². The third-order valence-corrected chi connectivity index (χ3v) is 3.14. The maximum atomic E-state index is 11.9. The molecule has 0 unspecified atom stereocenters. The molecule has 0 aliphatic rings. The van der Waals surface area contributed by atoms with Crippen LogP contribution < -0.4 is 11.1 Å². The van der Waals surface area contributed by atoms with Gasteiger partial charge in [-0.25, -0.2) is 4.79 Å². The maximum absolute atomic E-state index is 11.9. The number of hydrogen-bond acceptors (Lipinski definition) is 3. The third kappa shape index (κ3) is 3.97. The van der Waals surface area contributed by atoms with Crippen molar-refractivity contribution >= 4 is 34.9 Å². The molecule has 0 radical (unpaired) electrons. The second-order valence-electron chi connectivity index (χ2n) is 4.47. The van der Waals surface area contributed by atoms with Crippen molar-refractivity contribution in [2.24, 2.45) is 0 Å². The van der Waals surface area contributed by atoms with E-state index in [9.17, 15) is 9.59 Å². The fourth-order valence-corrected chi connectivity index (χ4v) is 2.05. The molecule has 0 fully saturated rings. The number of anilines is 2. The molecule has 21 heavy (non-hydrogen) atoms. The van der Waals surface area contributed by atoms with E-state index in [4.69, 9.17) is 22.4 Å². The lowest BCUT2D eigenvalue weighted by Crippen LogP contribution is -2.14. The van der Waals surface area contributed by atoms with E-state index in [0.717, 1.165) is 5.56 Å². The molecule has 0 heterocycles. The molecule has 2 aromatic carbocycles. The van der Waals surface area contributed by atoms with E-state index in [-0.39, 0.29) is 22.9 Å². The molecule has 0 atom stereocenters. The van der Waals surface area contributed by atoms with Gasteiger partial charge in [0.25, 0.3) is 0 Å². The van der Waals surface area contributed by atoms with Gasteiger partial charge in [0.05, 0.1) is 17.0 Å². The lowest BCUT2D eigenvalue weighted by molar-refractivity contribution is -0.115. The minimum Gasteiger partial charge on any atom is -0.478 e. The monoisotopic (exact) mass is 304 g/mol. The Hall–Kier alpha value is -2.53. The molecule has 108 valence electrons. The van der Waals surface area contributed by atoms with E-state index in [2.05, 4.69) is 5.32 Å². The summed E-state index contributed by atoms with van der Waals surface area (Å²) in [6.45, 7) is 0. The molecule has 0 bridgehead atoms. The number of hydrogen-bond donors (Lipinski definition) is 3. The van der Waals surface area contributed by atoms with Crippen LogP contribution in [0.1, 0.15) is 15.9 Å². The topological polar surface area (TPSA) is 92.4 Å². The molecule has 6 heteroatoms. The van der Waals surface area contributed by atoms with Gasteiger partial charge in [0.1, 0.15) is 0 Å². The fourth-order valence-electron chi connectivity index (χ4n) is 1.79. The summed E-state index contributed by atoms with van der Waals surface area (Å²) in [5, 5.41) is 11.6. The van der Waals surface area contributed by atoms with Crippen molar-refractivity contribution in [1.29, 1.82) is 0 Å². The molecule has 2 rings (SSSR count). The van der Waals surface area contributed by atoms with Crippen LogP contribution in [0.2, 0.25) is 5.02 Å².